The Balaban J connectivity index is 2.24. The molecule has 0 aromatic rings. The standard InChI is InChI=1S/C9H15NO3/c11-7(12)8(2-1-3-8)9(13)4-5-10-6-9/h10,13H,1-6H2,(H,11,12). The van der Waals surface area contributed by atoms with Gasteiger partial charge in [-0.15, -0.1) is 0 Å². The highest BCUT2D eigenvalue weighted by Gasteiger charge is 2.60. The Bertz CT molecular complexity index is 229. The molecule has 1 saturated carbocycles. The minimum Gasteiger partial charge on any atom is -0.481 e. The Hall–Kier alpha value is -0.610. The van der Waals surface area contributed by atoms with E-state index in [1.54, 1.807) is 0 Å². The fraction of sp³-hybridized carbons (Fsp3) is 0.889. The van der Waals surface area contributed by atoms with Crippen molar-refractivity contribution >= 4 is 5.97 Å². The van der Waals surface area contributed by atoms with Crippen molar-refractivity contribution in [3.63, 3.8) is 0 Å². The number of nitrogens with one attached hydrogen (secondary N) is 1. The lowest BCUT2D eigenvalue weighted by Gasteiger charge is -2.47. The highest BCUT2D eigenvalue weighted by atomic mass is 16.4. The number of hydrogen-bond donors (Lipinski definition) is 3. The first-order valence-electron chi connectivity index (χ1n) is 4.77. The molecule has 0 spiro atoms. The molecule has 74 valence electrons. The summed E-state index contributed by atoms with van der Waals surface area (Å²) in [6, 6.07) is 0. The lowest BCUT2D eigenvalue weighted by atomic mass is 9.58. The molecule has 0 aromatic heterocycles. The molecular formula is C9H15NO3. The largest absolute Gasteiger partial charge is 0.481 e. The van der Waals surface area contributed by atoms with Gasteiger partial charge in [-0.25, -0.2) is 0 Å². The zero-order chi connectivity index (χ0) is 9.53. The third kappa shape index (κ3) is 1.02. The molecule has 0 amide bonds. The molecule has 4 nitrogen and oxygen atoms in total. The van der Waals surface area contributed by atoms with Crippen LogP contribution in [0.25, 0.3) is 0 Å². The van der Waals surface area contributed by atoms with Crippen molar-refractivity contribution < 1.29 is 15.0 Å². The summed E-state index contributed by atoms with van der Waals surface area (Å²) in [5, 5.41) is 22.3. The number of carboxylic acids is 1. The molecule has 0 bridgehead atoms. The third-order valence-corrected chi connectivity index (χ3v) is 3.64. The van der Waals surface area contributed by atoms with E-state index >= 15 is 0 Å². The number of rotatable bonds is 2. The average molecular weight is 185 g/mol. The van der Waals surface area contributed by atoms with E-state index in [9.17, 15) is 9.90 Å². The predicted molar refractivity (Wildman–Crippen MR) is 46.4 cm³/mol. The Morgan fingerprint density at radius 2 is 2.00 bits per heavy atom. The van der Waals surface area contributed by atoms with Gasteiger partial charge in [-0.1, -0.05) is 6.42 Å². The van der Waals surface area contributed by atoms with Gasteiger partial charge in [0.25, 0.3) is 0 Å². The Morgan fingerprint density at radius 3 is 2.31 bits per heavy atom. The molecule has 0 aromatic carbocycles. The topological polar surface area (TPSA) is 69.6 Å². The first kappa shape index (κ1) is 8.97. The molecule has 2 fully saturated rings. The number of carboxylic acid groups (broad SMARTS) is 1. The maximum absolute atomic E-state index is 11.1. The number of aliphatic carboxylic acids is 1. The molecule has 1 aliphatic heterocycles. The SMILES string of the molecule is O=C(O)C1(C2(O)CCNC2)CCC1. The van der Waals surface area contributed by atoms with Crippen LogP contribution in [0.4, 0.5) is 0 Å². The van der Waals surface area contributed by atoms with Gasteiger partial charge in [0.1, 0.15) is 0 Å². The van der Waals surface area contributed by atoms with Gasteiger partial charge in [-0.05, 0) is 25.8 Å². The summed E-state index contributed by atoms with van der Waals surface area (Å²) < 4.78 is 0. The zero-order valence-corrected chi connectivity index (χ0v) is 7.55. The fourth-order valence-corrected chi connectivity index (χ4v) is 2.50. The van der Waals surface area contributed by atoms with Crippen LogP contribution >= 0.6 is 0 Å². The first-order valence-corrected chi connectivity index (χ1v) is 4.77. The maximum atomic E-state index is 11.1. The number of aliphatic hydroxyl groups is 1. The molecule has 13 heavy (non-hydrogen) atoms. The van der Waals surface area contributed by atoms with Gasteiger partial charge in [-0.2, -0.15) is 0 Å². The lowest BCUT2D eigenvalue weighted by molar-refractivity contribution is -0.180. The van der Waals surface area contributed by atoms with Crippen LogP contribution in [-0.4, -0.2) is 34.9 Å². The molecule has 3 N–H and O–H groups in total. The van der Waals surface area contributed by atoms with Gasteiger partial charge in [0, 0.05) is 6.54 Å². The third-order valence-electron chi connectivity index (χ3n) is 3.64. The number of β-amino-alcohol motifs (C(OH)–C–C–N with tert-alkyl or cyclic N) is 1. The van der Waals surface area contributed by atoms with Crippen molar-refractivity contribution in [2.75, 3.05) is 13.1 Å². The average Bonchev–Trinajstić information content (AvgIpc) is 2.32. The number of hydrogen-bond acceptors (Lipinski definition) is 3. The highest BCUT2D eigenvalue weighted by Crippen LogP contribution is 2.51. The van der Waals surface area contributed by atoms with Crippen molar-refractivity contribution in [2.45, 2.75) is 31.3 Å². The smallest absolute Gasteiger partial charge is 0.312 e. The first-order chi connectivity index (χ1) is 6.11. The van der Waals surface area contributed by atoms with Gasteiger partial charge in [0.2, 0.25) is 0 Å². The molecule has 1 unspecified atom stereocenters. The van der Waals surface area contributed by atoms with Crippen molar-refractivity contribution in [1.82, 2.24) is 5.32 Å². The van der Waals surface area contributed by atoms with Crippen LogP contribution in [0.1, 0.15) is 25.7 Å². The molecule has 2 rings (SSSR count). The van der Waals surface area contributed by atoms with Crippen molar-refractivity contribution in [1.29, 1.82) is 0 Å². The predicted octanol–water partition coefficient (Wildman–Crippen LogP) is -0.0343. The Labute approximate surface area is 76.9 Å². The molecular weight excluding hydrogens is 170 g/mol. The van der Waals surface area contributed by atoms with Gasteiger partial charge in [0.15, 0.2) is 0 Å². The summed E-state index contributed by atoms with van der Waals surface area (Å²) in [6.45, 7) is 1.16. The van der Waals surface area contributed by atoms with E-state index in [4.69, 9.17) is 5.11 Å². The Morgan fingerprint density at radius 1 is 1.31 bits per heavy atom. The fourth-order valence-electron chi connectivity index (χ4n) is 2.50. The maximum Gasteiger partial charge on any atom is 0.312 e. The van der Waals surface area contributed by atoms with Crippen LogP contribution in [-0.2, 0) is 4.79 Å². The lowest BCUT2D eigenvalue weighted by Crippen LogP contribution is -2.58. The van der Waals surface area contributed by atoms with Gasteiger partial charge in [0.05, 0.1) is 11.0 Å². The van der Waals surface area contributed by atoms with E-state index in [0.717, 1.165) is 13.0 Å². The summed E-state index contributed by atoms with van der Waals surface area (Å²) in [4.78, 5) is 11.1. The van der Waals surface area contributed by atoms with Gasteiger partial charge < -0.3 is 15.5 Å². The minimum absolute atomic E-state index is 0.430. The van der Waals surface area contributed by atoms with Crippen LogP contribution < -0.4 is 5.32 Å². The van der Waals surface area contributed by atoms with Crippen LogP contribution in [0.15, 0.2) is 0 Å². The summed E-state index contributed by atoms with van der Waals surface area (Å²) in [5.74, 6) is -0.829. The quantitative estimate of drug-likeness (QED) is 0.565. The molecule has 0 radical (unpaired) electrons. The second-order valence-corrected chi connectivity index (χ2v) is 4.20. The Kier molecular flexibility index (Phi) is 1.85. The normalized spacial score (nSPS) is 37.0. The minimum atomic E-state index is -1.00. The van der Waals surface area contributed by atoms with Crippen LogP contribution in [0.2, 0.25) is 0 Å². The summed E-state index contributed by atoms with van der Waals surface area (Å²) >= 11 is 0. The monoisotopic (exact) mass is 185 g/mol. The van der Waals surface area contributed by atoms with Crippen LogP contribution in [0, 0.1) is 5.41 Å². The summed E-state index contributed by atoms with van der Waals surface area (Å²) in [6.07, 6.45) is 2.74. The van der Waals surface area contributed by atoms with Crippen molar-refractivity contribution in [3.05, 3.63) is 0 Å². The molecule has 1 heterocycles. The van der Waals surface area contributed by atoms with Gasteiger partial charge in [-0.3, -0.25) is 4.79 Å². The zero-order valence-electron chi connectivity index (χ0n) is 7.55. The van der Waals surface area contributed by atoms with Crippen molar-refractivity contribution in [3.8, 4) is 0 Å². The van der Waals surface area contributed by atoms with E-state index < -0.39 is 17.0 Å². The summed E-state index contributed by atoms with van der Waals surface area (Å²) in [5.41, 5.74) is -1.85. The van der Waals surface area contributed by atoms with E-state index in [1.807, 2.05) is 0 Å². The molecule has 4 heteroatoms. The second kappa shape index (κ2) is 2.69. The highest BCUT2D eigenvalue weighted by molar-refractivity contribution is 5.77. The van der Waals surface area contributed by atoms with Crippen molar-refractivity contribution in [2.24, 2.45) is 5.41 Å². The molecule has 1 atom stereocenters. The number of carbonyl (C=O) groups is 1. The van der Waals surface area contributed by atoms with E-state index in [1.165, 1.54) is 0 Å². The molecule has 2 aliphatic rings. The van der Waals surface area contributed by atoms with Crippen LogP contribution in [0.3, 0.4) is 0 Å². The van der Waals surface area contributed by atoms with E-state index in [0.29, 0.717) is 25.8 Å². The van der Waals surface area contributed by atoms with E-state index in [-0.39, 0.29) is 0 Å². The second-order valence-electron chi connectivity index (χ2n) is 4.20. The van der Waals surface area contributed by atoms with E-state index in [2.05, 4.69) is 5.32 Å². The van der Waals surface area contributed by atoms with Gasteiger partial charge >= 0.3 is 5.97 Å². The molecule has 1 aliphatic carbocycles. The molecule has 1 saturated heterocycles. The van der Waals surface area contributed by atoms with Crippen LogP contribution in [0.5, 0.6) is 0 Å². The summed E-state index contributed by atoms with van der Waals surface area (Å²) in [7, 11) is 0.